The van der Waals surface area contributed by atoms with Crippen molar-refractivity contribution in [2.75, 3.05) is 0 Å². The van der Waals surface area contributed by atoms with E-state index in [0.717, 1.165) is 0 Å². The third-order valence-electron chi connectivity index (χ3n) is 3.12. The minimum atomic E-state index is -0.415. The van der Waals surface area contributed by atoms with Crippen LogP contribution >= 0.6 is 39.1 Å². The second-order valence-electron chi connectivity index (χ2n) is 4.47. The van der Waals surface area contributed by atoms with Crippen LogP contribution in [0.15, 0.2) is 41.0 Å². The quantitative estimate of drug-likeness (QED) is 0.570. The summed E-state index contributed by atoms with van der Waals surface area (Å²) in [5.74, 6) is -0.667. The summed E-state index contributed by atoms with van der Waals surface area (Å²) in [6, 6.07) is 7.20. The van der Waals surface area contributed by atoms with Crippen molar-refractivity contribution in [3.05, 3.63) is 68.0 Å². The van der Waals surface area contributed by atoms with Crippen LogP contribution < -0.4 is 0 Å². The number of carbonyl (C=O) groups is 1. The molecule has 0 bridgehead atoms. The molecule has 0 spiro atoms. The molecule has 0 aliphatic rings. The van der Waals surface area contributed by atoms with E-state index in [9.17, 15) is 9.18 Å². The maximum Gasteiger partial charge on any atom is 0.196 e. The Kier molecular flexibility index (Phi) is 3.78. The smallest absolute Gasteiger partial charge is 0.196 e. The molecule has 0 fully saturated rings. The molecule has 0 aliphatic heterocycles. The molecule has 21 heavy (non-hydrogen) atoms. The normalized spacial score (nSPS) is 11.0. The topological polar surface area (TPSA) is 32.9 Å². The summed E-state index contributed by atoms with van der Waals surface area (Å²) in [5, 5.41) is 1.47. The summed E-state index contributed by atoms with van der Waals surface area (Å²) < 4.78 is 13.5. The number of rotatable bonds is 2. The molecule has 0 atom stereocenters. The van der Waals surface area contributed by atoms with Crippen molar-refractivity contribution in [1.29, 1.82) is 0 Å². The van der Waals surface area contributed by atoms with Gasteiger partial charge >= 0.3 is 0 Å². The van der Waals surface area contributed by atoms with Crippen molar-refractivity contribution < 1.29 is 9.18 Å². The third kappa shape index (κ3) is 2.59. The van der Waals surface area contributed by atoms with Gasteiger partial charge in [-0.1, -0.05) is 23.2 Å². The fourth-order valence-electron chi connectivity index (χ4n) is 2.18. The number of hydrogen-bond donors (Lipinski definition) is 1. The van der Waals surface area contributed by atoms with Gasteiger partial charge in [0, 0.05) is 37.7 Å². The van der Waals surface area contributed by atoms with Gasteiger partial charge < -0.3 is 4.98 Å². The molecular formula is C15H7BrCl2FNO. The molecular weight excluding hydrogens is 380 g/mol. The summed E-state index contributed by atoms with van der Waals surface area (Å²) in [7, 11) is 0. The molecule has 2 nitrogen and oxygen atoms in total. The van der Waals surface area contributed by atoms with Gasteiger partial charge in [-0.05, 0) is 46.3 Å². The molecule has 6 heteroatoms. The predicted molar refractivity (Wildman–Crippen MR) is 85.9 cm³/mol. The lowest BCUT2D eigenvalue weighted by molar-refractivity contribution is 0.103. The largest absolute Gasteiger partial charge is 0.360 e. The Morgan fingerprint density at radius 2 is 1.90 bits per heavy atom. The molecule has 2 aromatic carbocycles. The van der Waals surface area contributed by atoms with Crippen molar-refractivity contribution in [3.8, 4) is 0 Å². The van der Waals surface area contributed by atoms with E-state index in [0.29, 0.717) is 36.5 Å². The van der Waals surface area contributed by atoms with E-state index in [1.165, 1.54) is 18.2 Å². The number of benzene rings is 2. The number of ketones is 1. The van der Waals surface area contributed by atoms with Crippen LogP contribution in [0.4, 0.5) is 4.39 Å². The van der Waals surface area contributed by atoms with E-state index >= 15 is 0 Å². The Hall–Kier alpha value is -1.36. The van der Waals surface area contributed by atoms with E-state index < -0.39 is 5.82 Å². The molecule has 0 radical (unpaired) electrons. The number of fused-ring (bicyclic) bond motifs is 1. The van der Waals surface area contributed by atoms with Crippen LogP contribution in [-0.2, 0) is 0 Å². The Balaban J connectivity index is 2.18. The van der Waals surface area contributed by atoms with E-state index in [1.54, 1.807) is 18.3 Å². The zero-order chi connectivity index (χ0) is 15.1. The highest BCUT2D eigenvalue weighted by molar-refractivity contribution is 9.10. The first-order valence-corrected chi connectivity index (χ1v) is 7.48. The summed E-state index contributed by atoms with van der Waals surface area (Å²) in [6.07, 6.45) is 1.57. The van der Waals surface area contributed by atoms with Gasteiger partial charge in [-0.15, -0.1) is 0 Å². The van der Waals surface area contributed by atoms with Crippen molar-refractivity contribution in [3.63, 3.8) is 0 Å². The second kappa shape index (κ2) is 5.44. The van der Waals surface area contributed by atoms with Crippen LogP contribution in [0, 0.1) is 5.82 Å². The van der Waals surface area contributed by atoms with Crippen molar-refractivity contribution >= 4 is 55.8 Å². The average Bonchev–Trinajstić information content (AvgIpc) is 2.81. The van der Waals surface area contributed by atoms with Crippen LogP contribution in [0.3, 0.4) is 0 Å². The van der Waals surface area contributed by atoms with Gasteiger partial charge in [-0.25, -0.2) is 4.39 Å². The molecule has 0 unspecified atom stereocenters. The first-order chi connectivity index (χ1) is 9.97. The third-order valence-corrected chi connectivity index (χ3v) is 4.29. The molecule has 106 valence electrons. The van der Waals surface area contributed by atoms with Crippen LogP contribution in [0.5, 0.6) is 0 Å². The molecule has 3 rings (SSSR count). The molecule has 0 saturated carbocycles. The van der Waals surface area contributed by atoms with Gasteiger partial charge in [0.15, 0.2) is 5.78 Å². The summed E-state index contributed by atoms with van der Waals surface area (Å²) in [6.45, 7) is 0. The highest BCUT2D eigenvalue weighted by Crippen LogP contribution is 2.32. The Bertz CT molecular complexity index is 875. The monoisotopic (exact) mass is 385 g/mol. The van der Waals surface area contributed by atoms with Crippen molar-refractivity contribution in [1.82, 2.24) is 4.98 Å². The zero-order valence-electron chi connectivity index (χ0n) is 10.4. The number of H-pyrrole nitrogens is 1. The Morgan fingerprint density at radius 1 is 1.14 bits per heavy atom. The SMILES string of the molecule is O=C(c1ccc(F)cc1Br)c1c[nH]c2cc(Cl)cc(Cl)c12. The lowest BCUT2D eigenvalue weighted by atomic mass is 10.0. The zero-order valence-corrected chi connectivity index (χ0v) is 13.5. The number of nitrogens with one attached hydrogen (secondary N) is 1. The number of hydrogen-bond acceptors (Lipinski definition) is 1. The molecule has 1 heterocycles. The maximum atomic E-state index is 13.1. The summed E-state index contributed by atoms with van der Waals surface area (Å²) in [5.41, 5.74) is 1.45. The first-order valence-electron chi connectivity index (χ1n) is 5.93. The standard InChI is InChI=1S/C15H7BrCl2FNO/c16-11-5-8(19)1-2-9(11)15(21)10-6-20-13-4-7(17)3-12(18)14(10)13/h1-6,20H. The molecule has 0 aliphatic carbocycles. The number of carbonyl (C=O) groups excluding carboxylic acids is 1. The molecule has 1 N–H and O–H groups in total. The highest BCUT2D eigenvalue weighted by atomic mass is 79.9. The number of aromatic nitrogens is 1. The van der Waals surface area contributed by atoms with Gasteiger partial charge in [-0.3, -0.25) is 4.79 Å². The van der Waals surface area contributed by atoms with E-state index in [-0.39, 0.29) is 5.78 Å². The van der Waals surface area contributed by atoms with Gasteiger partial charge in [0.05, 0.1) is 5.02 Å². The minimum Gasteiger partial charge on any atom is -0.360 e. The van der Waals surface area contributed by atoms with Gasteiger partial charge in [0.25, 0.3) is 0 Å². The molecule has 0 amide bonds. The number of halogens is 4. The average molecular weight is 387 g/mol. The van der Waals surface area contributed by atoms with Crippen LogP contribution in [0.1, 0.15) is 15.9 Å². The maximum absolute atomic E-state index is 13.1. The first kappa shape index (κ1) is 14.6. The molecule has 3 aromatic rings. The van der Waals surface area contributed by atoms with E-state index in [2.05, 4.69) is 20.9 Å². The van der Waals surface area contributed by atoms with Crippen LogP contribution in [0.2, 0.25) is 10.0 Å². The Morgan fingerprint density at radius 3 is 2.62 bits per heavy atom. The number of aromatic amines is 1. The lowest BCUT2D eigenvalue weighted by Crippen LogP contribution is -2.02. The minimum absolute atomic E-state index is 0.252. The van der Waals surface area contributed by atoms with E-state index in [4.69, 9.17) is 23.2 Å². The van der Waals surface area contributed by atoms with E-state index in [1.807, 2.05) is 0 Å². The summed E-state index contributed by atoms with van der Waals surface area (Å²) in [4.78, 5) is 15.6. The van der Waals surface area contributed by atoms with Crippen LogP contribution in [-0.4, -0.2) is 10.8 Å². The molecule has 1 aromatic heterocycles. The van der Waals surface area contributed by atoms with Gasteiger partial charge in [-0.2, -0.15) is 0 Å². The lowest BCUT2D eigenvalue weighted by Gasteiger charge is -2.04. The fraction of sp³-hybridized carbons (Fsp3) is 0. The fourth-order valence-corrected chi connectivity index (χ4v) is 3.31. The van der Waals surface area contributed by atoms with Gasteiger partial charge in [0.1, 0.15) is 5.82 Å². The second-order valence-corrected chi connectivity index (χ2v) is 6.16. The highest BCUT2D eigenvalue weighted by Gasteiger charge is 2.19. The predicted octanol–water partition coefficient (Wildman–Crippen LogP) is 5.61. The van der Waals surface area contributed by atoms with Crippen molar-refractivity contribution in [2.45, 2.75) is 0 Å². The van der Waals surface area contributed by atoms with Crippen molar-refractivity contribution in [2.24, 2.45) is 0 Å². The van der Waals surface area contributed by atoms with Crippen LogP contribution in [0.25, 0.3) is 10.9 Å². The van der Waals surface area contributed by atoms with Gasteiger partial charge in [0.2, 0.25) is 0 Å². The Labute approximate surface area is 138 Å². The summed E-state index contributed by atoms with van der Waals surface area (Å²) >= 11 is 15.3. The molecule has 0 saturated heterocycles.